The third-order valence-corrected chi connectivity index (χ3v) is 3.48. The normalized spacial score (nSPS) is 11.2. The van der Waals surface area contributed by atoms with Gasteiger partial charge in [-0.05, 0) is 18.2 Å². The quantitative estimate of drug-likeness (QED) is 0.717. The lowest BCUT2D eigenvalue weighted by atomic mass is 10.2. The van der Waals surface area contributed by atoms with E-state index in [1.807, 2.05) is 0 Å². The maximum Gasteiger partial charge on any atom is 0.166 e. The topological polar surface area (TPSA) is 58.3 Å². The van der Waals surface area contributed by atoms with Gasteiger partial charge in [0, 0.05) is 17.5 Å². The van der Waals surface area contributed by atoms with Crippen LogP contribution < -0.4 is 0 Å². The van der Waals surface area contributed by atoms with Crippen LogP contribution in [0.25, 0.3) is 16.6 Å². The molecule has 3 rings (SSSR count). The van der Waals surface area contributed by atoms with E-state index in [4.69, 9.17) is 23.2 Å². The SMILES string of the molecule is Oc1cc(Cl)c2nn(-c3ccc(O)c(F)c3)c(Cl)c2c1. The summed E-state index contributed by atoms with van der Waals surface area (Å²) in [6.45, 7) is 0. The van der Waals surface area contributed by atoms with E-state index in [-0.39, 0.29) is 15.9 Å². The predicted octanol–water partition coefficient (Wildman–Crippen LogP) is 3.88. The average Bonchev–Trinajstić information content (AvgIpc) is 2.71. The number of nitrogens with zero attached hydrogens (tertiary/aromatic N) is 2. The molecular weight excluding hydrogens is 306 g/mol. The molecule has 0 aliphatic rings. The molecule has 0 bridgehead atoms. The molecule has 0 amide bonds. The van der Waals surface area contributed by atoms with Crippen molar-refractivity contribution in [2.75, 3.05) is 0 Å². The lowest BCUT2D eigenvalue weighted by Gasteiger charge is -2.03. The number of aromatic hydroxyl groups is 2. The van der Waals surface area contributed by atoms with Crippen LogP contribution in [-0.4, -0.2) is 20.0 Å². The molecule has 0 radical (unpaired) electrons. The van der Waals surface area contributed by atoms with Gasteiger partial charge < -0.3 is 10.2 Å². The van der Waals surface area contributed by atoms with Crippen molar-refractivity contribution in [1.82, 2.24) is 9.78 Å². The second-order valence-corrected chi connectivity index (χ2v) is 4.93. The average molecular weight is 313 g/mol. The van der Waals surface area contributed by atoms with Gasteiger partial charge in [0.25, 0.3) is 0 Å². The van der Waals surface area contributed by atoms with Gasteiger partial charge >= 0.3 is 0 Å². The van der Waals surface area contributed by atoms with E-state index in [9.17, 15) is 14.6 Å². The van der Waals surface area contributed by atoms with Crippen molar-refractivity contribution in [3.63, 3.8) is 0 Å². The number of benzene rings is 2. The highest BCUT2D eigenvalue weighted by molar-refractivity contribution is 6.39. The first kappa shape index (κ1) is 13.0. The molecule has 20 heavy (non-hydrogen) atoms. The Kier molecular flexibility index (Phi) is 2.96. The number of phenols is 2. The predicted molar refractivity (Wildman–Crippen MR) is 74.4 cm³/mol. The second kappa shape index (κ2) is 4.54. The molecule has 0 atom stereocenters. The van der Waals surface area contributed by atoms with Gasteiger partial charge in [-0.3, -0.25) is 0 Å². The van der Waals surface area contributed by atoms with Crippen LogP contribution in [0, 0.1) is 5.82 Å². The Morgan fingerprint density at radius 2 is 1.85 bits per heavy atom. The Bertz CT molecular complexity index is 833. The molecule has 2 aromatic carbocycles. The fraction of sp³-hybridized carbons (Fsp3) is 0. The van der Waals surface area contributed by atoms with Crippen molar-refractivity contribution in [1.29, 1.82) is 0 Å². The maximum atomic E-state index is 13.4. The lowest BCUT2D eigenvalue weighted by molar-refractivity contribution is 0.432. The third-order valence-electron chi connectivity index (χ3n) is 2.83. The van der Waals surface area contributed by atoms with E-state index in [1.165, 1.54) is 28.9 Å². The molecular formula is C13H7Cl2FN2O2. The third kappa shape index (κ3) is 1.95. The monoisotopic (exact) mass is 312 g/mol. The fourth-order valence-electron chi connectivity index (χ4n) is 1.90. The summed E-state index contributed by atoms with van der Waals surface area (Å²) in [7, 11) is 0. The number of phenolic OH excluding ortho intramolecular Hbond substituents is 2. The molecule has 0 saturated carbocycles. The van der Waals surface area contributed by atoms with Crippen molar-refractivity contribution >= 4 is 34.1 Å². The Morgan fingerprint density at radius 1 is 1.10 bits per heavy atom. The smallest absolute Gasteiger partial charge is 0.166 e. The lowest BCUT2D eigenvalue weighted by Crippen LogP contribution is -1.96. The number of hydrogen-bond donors (Lipinski definition) is 2. The molecule has 0 fully saturated rings. The van der Waals surface area contributed by atoms with Gasteiger partial charge in [0.05, 0.1) is 10.7 Å². The standard InChI is InChI=1S/C13H7Cl2FN2O2/c14-9-5-7(19)4-8-12(9)17-18(13(8)15)6-1-2-11(20)10(16)3-6/h1-5,19-20H. The number of halogens is 3. The second-order valence-electron chi connectivity index (χ2n) is 4.16. The van der Waals surface area contributed by atoms with Gasteiger partial charge in [-0.1, -0.05) is 23.2 Å². The number of rotatable bonds is 1. The number of fused-ring (bicyclic) bond motifs is 1. The first-order valence-electron chi connectivity index (χ1n) is 5.53. The molecule has 102 valence electrons. The summed E-state index contributed by atoms with van der Waals surface area (Å²) in [5.41, 5.74) is 0.722. The Hall–Kier alpha value is -1.98. The van der Waals surface area contributed by atoms with E-state index < -0.39 is 11.6 Å². The summed E-state index contributed by atoms with van der Waals surface area (Å²) in [5.74, 6) is -1.29. The molecule has 0 aliphatic heterocycles. The molecule has 3 aromatic rings. The van der Waals surface area contributed by atoms with Gasteiger partial charge in [0.1, 0.15) is 16.4 Å². The maximum absolute atomic E-state index is 13.4. The summed E-state index contributed by atoms with van der Waals surface area (Å²) in [6.07, 6.45) is 0. The molecule has 0 aliphatic carbocycles. The summed E-state index contributed by atoms with van der Waals surface area (Å²) in [5, 5.41) is 23.8. The molecule has 7 heteroatoms. The Labute approximate surface area is 122 Å². The van der Waals surface area contributed by atoms with Crippen LogP contribution in [0.15, 0.2) is 30.3 Å². The van der Waals surface area contributed by atoms with Gasteiger partial charge in [-0.2, -0.15) is 5.10 Å². The highest BCUT2D eigenvalue weighted by Crippen LogP contribution is 2.34. The van der Waals surface area contributed by atoms with Gasteiger partial charge in [0.2, 0.25) is 0 Å². The molecule has 2 N–H and O–H groups in total. The summed E-state index contributed by atoms with van der Waals surface area (Å²) in [6, 6.07) is 6.52. The minimum atomic E-state index is -0.785. The van der Waals surface area contributed by atoms with Crippen LogP contribution >= 0.6 is 23.2 Å². The van der Waals surface area contributed by atoms with Gasteiger partial charge in [-0.15, -0.1) is 0 Å². The number of aromatic nitrogens is 2. The molecule has 4 nitrogen and oxygen atoms in total. The molecule has 1 heterocycles. The summed E-state index contributed by atoms with van der Waals surface area (Å²) < 4.78 is 14.7. The largest absolute Gasteiger partial charge is 0.508 e. The van der Waals surface area contributed by atoms with Crippen molar-refractivity contribution in [3.8, 4) is 17.2 Å². The van der Waals surface area contributed by atoms with E-state index in [0.717, 1.165) is 6.07 Å². The van der Waals surface area contributed by atoms with E-state index in [2.05, 4.69) is 5.10 Å². The summed E-state index contributed by atoms with van der Waals surface area (Å²) >= 11 is 12.2. The number of hydrogen-bond acceptors (Lipinski definition) is 3. The van der Waals surface area contributed by atoms with Crippen LogP contribution in [-0.2, 0) is 0 Å². The van der Waals surface area contributed by atoms with Crippen molar-refractivity contribution in [2.45, 2.75) is 0 Å². The zero-order valence-electron chi connectivity index (χ0n) is 9.81. The highest BCUT2D eigenvalue weighted by Gasteiger charge is 2.15. The molecule has 1 aromatic heterocycles. The van der Waals surface area contributed by atoms with E-state index in [1.54, 1.807) is 0 Å². The van der Waals surface area contributed by atoms with Gasteiger partial charge in [0.15, 0.2) is 11.6 Å². The van der Waals surface area contributed by atoms with Crippen molar-refractivity contribution < 1.29 is 14.6 Å². The van der Waals surface area contributed by atoms with Crippen molar-refractivity contribution in [2.24, 2.45) is 0 Å². The first-order valence-corrected chi connectivity index (χ1v) is 6.28. The van der Waals surface area contributed by atoms with Crippen LogP contribution in [0.5, 0.6) is 11.5 Å². The first-order chi connectivity index (χ1) is 9.47. The van der Waals surface area contributed by atoms with E-state index >= 15 is 0 Å². The van der Waals surface area contributed by atoms with Crippen LogP contribution in [0.1, 0.15) is 0 Å². The Morgan fingerprint density at radius 3 is 2.55 bits per heavy atom. The van der Waals surface area contributed by atoms with Crippen molar-refractivity contribution in [3.05, 3.63) is 46.3 Å². The zero-order chi connectivity index (χ0) is 14.4. The van der Waals surface area contributed by atoms with Crippen LogP contribution in [0.4, 0.5) is 4.39 Å². The minimum Gasteiger partial charge on any atom is -0.508 e. The van der Waals surface area contributed by atoms with Crippen LogP contribution in [0.2, 0.25) is 10.2 Å². The Balaban J connectivity index is 2.29. The highest BCUT2D eigenvalue weighted by atomic mass is 35.5. The van der Waals surface area contributed by atoms with Crippen LogP contribution in [0.3, 0.4) is 0 Å². The molecule has 0 unspecified atom stereocenters. The fourth-order valence-corrected chi connectivity index (χ4v) is 2.43. The van der Waals surface area contributed by atoms with E-state index in [0.29, 0.717) is 16.6 Å². The van der Waals surface area contributed by atoms with Gasteiger partial charge in [-0.25, -0.2) is 9.07 Å². The minimum absolute atomic E-state index is 0.0409. The zero-order valence-corrected chi connectivity index (χ0v) is 11.3. The molecule has 0 saturated heterocycles. The summed E-state index contributed by atoms with van der Waals surface area (Å²) in [4.78, 5) is 0. The molecule has 0 spiro atoms.